The van der Waals surface area contributed by atoms with Gasteiger partial charge in [-0.1, -0.05) is 51.3 Å². The van der Waals surface area contributed by atoms with E-state index in [4.69, 9.17) is 23.2 Å². The molecule has 120 valence electrons. The van der Waals surface area contributed by atoms with Crippen molar-refractivity contribution in [3.63, 3.8) is 0 Å². The third kappa shape index (κ3) is 5.35. The lowest BCUT2D eigenvalue weighted by Crippen LogP contribution is -2.29. The second-order valence-corrected chi connectivity index (χ2v) is 7.78. The molecule has 0 atom stereocenters. The summed E-state index contributed by atoms with van der Waals surface area (Å²) in [5.74, 6) is -0.807. The summed E-state index contributed by atoms with van der Waals surface area (Å²) in [6, 6.07) is 11.2. The molecule has 0 aliphatic heterocycles. The van der Waals surface area contributed by atoms with Crippen LogP contribution in [0, 0.1) is 0 Å². The zero-order valence-corrected chi connectivity index (χ0v) is 15.4. The van der Waals surface area contributed by atoms with Gasteiger partial charge in [0.2, 0.25) is 0 Å². The SMILES string of the molecule is O=C(NS(=O)(=O)/C=C/c1cccc(Cl)c1)c1ccc(Br)cc1Cl. The van der Waals surface area contributed by atoms with E-state index in [9.17, 15) is 13.2 Å². The van der Waals surface area contributed by atoms with E-state index < -0.39 is 15.9 Å². The topological polar surface area (TPSA) is 63.2 Å². The number of hydrogen-bond donors (Lipinski definition) is 1. The highest BCUT2D eigenvalue weighted by atomic mass is 79.9. The maximum Gasteiger partial charge on any atom is 0.266 e. The smallest absolute Gasteiger partial charge is 0.266 e. The molecule has 0 bridgehead atoms. The van der Waals surface area contributed by atoms with E-state index >= 15 is 0 Å². The number of halogens is 3. The van der Waals surface area contributed by atoms with E-state index in [1.54, 1.807) is 30.3 Å². The fourth-order valence-electron chi connectivity index (χ4n) is 1.67. The van der Waals surface area contributed by atoms with E-state index in [-0.39, 0.29) is 10.6 Å². The molecule has 23 heavy (non-hydrogen) atoms. The van der Waals surface area contributed by atoms with Crippen LogP contribution in [0.4, 0.5) is 0 Å². The van der Waals surface area contributed by atoms with Gasteiger partial charge in [0, 0.05) is 9.50 Å². The van der Waals surface area contributed by atoms with Crippen LogP contribution in [0.5, 0.6) is 0 Å². The van der Waals surface area contributed by atoms with Crippen molar-refractivity contribution < 1.29 is 13.2 Å². The van der Waals surface area contributed by atoms with E-state index in [1.807, 2.05) is 4.72 Å². The molecule has 1 N–H and O–H groups in total. The predicted molar refractivity (Wildman–Crippen MR) is 96.0 cm³/mol. The molecule has 0 spiro atoms. The number of carbonyl (C=O) groups excluding carboxylic acids is 1. The van der Waals surface area contributed by atoms with Gasteiger partial charge in [0.1, 0.15) is 0 Å². The minimum absolute atomic E-state index is 0.0644. The molecule has 2 aromatic carbocycles. The van der Waals surface area contributed by atoms with Crippen LogP contribution in [0.1, 0.15) is 15.9 Å². The van der Waals surface area contributed by atoms with E-state index in [1.165, 1.54) is 18.2 Å². The van der Waals surface area contributed by atoms with Crippen LogP contribution in [-0.2, 0) is 10.0 Å². The maximum atomic E-state index is 12.0. The van der Waals surface area contributed by atoms with Crippen molar-refractivity contribution in [3.05, 3.63) is 73.5 Å². The summed E-state index contributed by atoms with van der Waals surface area (Å²) in [6.45, 7) is 0. The molecule has 1 amide bonds. The van der Waals surface area contributed by atoms with Crippen LogP contribution in [0.25, 0.3) is 6.08 Å². The van der Waals surface area contributed by atoms with Crippen molar-refractivity contribution in [3.8, 4) is 0 Å². The van der Waals surface area contributed by atoms with Gasteiger partial charge in [-0.3, -0.25) is 4.79 Å². The fraction of sp³-hybridized carbons (Fsp3) is 0. The van der Waals surface area contributed by atoms with Crippen molar-refractivity contribution in [2.75, 3.05) is 0 Å². The minimum atomic E-state index is -3.96. The zero-order chi connectivity index (χ0) is 17.0. The lowest BCUT2D eigenvalue weighted by molar-refractivity contribution is 0.0982. The summed E-state index contributed by atoms with van der Waals surface area (Å²) in [5.41, 5.74) is 0.659. The van der Waals surface area contributed by atoms with Gasteiger partial charge in [-0.05, 0) is 42.0 Å². The molecule has 2 aromatic rings. The molecule has 0 aliphatic carbocycles. The highest BCUT2D eigenvalue weighted by molar-refractivity contribution is 9.10. The minimum Gasteiger partial charge on any atom is -0.268 e. The molecular formula is C15H10BrCl2NO3S. The summed E-state index contributed by atoms with van der Waals surface area (Å²) >= 11 is 15.0. The Labute approximate surface area is 152 Å². The Morgan fingerprint density at radius 1 is 1.13 bits per heavy atom. The van der Waals surface area contributed by atoms with Crippen LogP contribution in [-0.4, -0.2) is 14.3 Å². The normalized spacial score (nSPS) is 11.6. The summed E-state index contributed by atoms with van der Waals surface area (Å²) in [4.78, 5) is 12.0. The Bertz CT molecular complexity index is 882. The van der Waals surface area contributed by atoms with Crippen molar-refractivity contribution in [2.24, 2.45) is 0 Å². The monoisotopic (exact) mass is 433 g/mol. The molecule has 0 unspecified atom stereocenters. The Hall–Kier alpha value is -1.34. The molecule has 0 aromatic heterocycles. The highest BCUT2D eigenvalue weighted by Crippen LogP contribution is 2.21. The number of hydrogen-bond acceptors (Lipinski definition) is 3. The molecule has 0 saturated carbocycles. The molecule has 4 nitrogen and oxygen atoms in total. The van der Waals surface area contributed by atoms with Crippen LogP contribution in [0.3, 0.4) is 0 Å². The number of nitrogens with one attached hydrogen (secondary N) is 1. The van der Waals surface area contributed by atoms with Crippen molar-refractivity contribution >= 4 is 61.1 Å². The molecule has 0 fully saturated rings. The first-order valence-corrected chi connectivity index (χ1v) is 9.32. The average molecular weight is 435 g/mol. The molecular weight excluding hydrogens is 425 g/mol. The van der Waals surface area contributed by atoms with E-state index in [2.05, 4.69) is 15.9 Å². The van der Waals surface area contributed by atoms with Crippen LogP contribution >= 0.6 is 39.1 Å². The Morgan fingerprint density at radius 2 is 1.87 bits per heavy atom. The van der Waals surface area contributed by atoms with Gasteiger partial charge in [-0.25, -0.2) is 13.1 Å². The fourth-order valence-corrected chi connectivity index (χ4v) is 3.40. The molecule has 0 saturated heterocycles. The first-order chi connectivity index (χ1) is 10.8. The lowest BCUT2D eigenvalue weighted by atomic mass is 10.2. The summed E-state index contributed by atoms with van der Waals surface area (Å²) in [7, 11) is -3.96. The van der Waals surface area contributed by atoms with E-state index in [0.29, 0.717) is 15.1 Å². The van der Waals surface area contributed by atoms with Gasteiger partial charge >= 0.3 is 0 Å². The molecule has 2 rings (SSSR count). The molecule has 8 heteroatoms. The highest BCUT2D eigenvalue weighted by Gasteiger charge is 2.16. The Balaban J connectivity index is 2.16. The number of sulfonamides is 1. The first-order valence-electron chi connectivity index (χ1n) is 6.23. The van der Waals surface area contributed by atoms with Crippen LogP contribution in [0.2, 0.25) is 10.0 Å². The zero-order valence-electron chi connectivity index (χ0n) is 11.5. The number of amides is 1. The number of rotatable bonds is 4. The summed E-state index contributed by atoms with van der Waals surface area (Å²) in [6.07, 6.45) is 1.34. The maximum absolute atomic E-state index is 12.0. The Morgan fingerprint density at radius 3 is 2.52 bits per heavy atom. The van der Waals surface area contributed by atoms with Gasteiger partial charge in [0.25, 0.3) is 15.9 Å². The van der Waals surface area contributed by atoms with Crippen LogP contribution < -0.4 is 4.72 Å². The molecule has 0 radical (unpaired) electrons. The second-order valence-electron chi connectivity index (χ2n) is 4.46. The number of benzene rings is 2. The van der Waals surface area contributed by atoms with Gasteiger partial charge < -0.3 is 0 Å². The standard InChI is InChI=1S/C15H10BrCl2NO3S/c16-11-4-5-13(14(18)9-11)15(20)19-23(21,22)7-6-10-2-1-3-12(17)8-10/h1-9H,(H,19,20)/b7-6+. The molecule has 0 aliphatic rings. The van der Waals surface area contributed by atoms with E-state index in [0.717, 1.165) is 5.41 Å². The van der Waals surface area contributed by atoms with Gasteiger partial charge in [-0.2, -0.15) is 0 Å². The first kappa shape index (κ1) is 18.0. The molecule has 0 heterocycles. The average Bonchev–Trinajstić information content (AvgIpc) is 2.44. The lowest BCUT2D eigenvalue weighted by Gasteiger charge is -2.05. The third-order valence-corrected chi connectivity index (χ3v) is 4.70. The second kappa shape index (κ2) is 7.49. The van der Waals surface area contributed by atoms with Crippen LogP contribution in [0.15, 0.2) is 52.3 Å². The van der Waals surface area contributed by atoms with Gasteiger partial charge in [0.15, 0.2) is 0 Å². The Kier molecular flexibility index (Phi) is 5.86. The van der Waals surface area contributed by atoms with Crippen molar-refractivity contribution in [2.45, 2.75) is 0 Å². The van der Waals surface area contributed by atoms with Gasteiger partial charge in [0.05, 0.1) is 16.0 Å². The van der Waals surface area contributed by atoms with Gasteiger partial charge in [-0.15, -0.1) is 0 Å². The largest absolute Gasteiger partial charge is 0.268 e. The predicted octanol–water partition coefficient (Wildman–Crippen LogP) is 4.49. The summed E-state index contributed by atoms with van der Waals surface area (Å²) in [5, 5.41) is 1.52. The van der Waals surface area contributed by atoms with Crippen molar-refractivity contribution in [1.29, 1.82) is 0 Å². The third-order valence-electron chi connectivity index (χ3n) is 2.70. The summed E-state index contributed by atoms with van der Waals surface area (Å²) < 4.78 is 26.5. The quantitative estimate of drug-likeness (QED) is 0.771. The van der Waals surface area contributed by atoms with Crippen molar-refractivity contribution in [1.82, 2.24) is 4.72 Å². The number of carbonyl (C=O) groups is 1.